The molecule has 1 saturated heterocycles. The Bertz CT molecular complexity index is 584. The maximum Gasteiger partial charge on any atom is 0.517 e. The standard InChI is InChI=1S/C20H40N2O4Si/c1-18(2,3)22(17(24)25-19(4,5)6)13-12-14(15(22)16(21)23)26-27(10,11)20(7,8)9/h14-15H,12-13H2,1-11H3,(H-,21,23)/p+1/t14-,15+,22?/m1/s1. The molecule has 0 saturated carbocycles. The summed E-state index contributed by atoms with van der Waals surface area (Å²) < 4.78 is 12.2. The van der Waals surface area contributed by atoms with Crippen LogP contribution in [0.1, 0.15) is 68.7 Å². The maximum atomic E-state index is 13.4. The summed E-state index contributed by atoms with van der Waals surface area (Å²) in [6.45, 7) is 22.7. The molecule has 0 bridgehead atoms. The van der Waals surface area contributed by atoms with E-state index in [0.717, 1.165) is 0 Å². The first-order chi connectivity index (χ1) is 11.8. The van der Waals surface area contributed by atoms with E-state index in [-0.39, 0.29) is 15.6 Å². The zero-order chi connectivity index (χ0) is 21.6. The highest BCUT2D eigenvalue weighted by molar-refractivity contribution is 6.74. The molecule has 6 nitrogen and oxygen atoms in total. The number of nitrogens with zero attached hydrogens (tertiary/aromatic N) is 1. The van der Waals surface area contributed by atoms with Crippen LogP contribution in [0.15, 0.2) is 0 Å². The Morgan fingerprint density at radius 3 is 1.81 bits per heavy atom. The molecule has 7 heteroatoms. The number of ether oxygens (including phenoxy) is 1. The van der Waals surface area contributed by atoms with Gasteiger partial charge in [0.05, 0.1) is 6.54 Å². The number of rotatable bonds is 3. The molecule has 0 aromatic rings. The summed E-state index contributed by atoms with van der Waals surface area (Å²) in [5, 5.41) is 0.00109. The fraction of sp³-hybridized carbons (Fsp3) is 0.900. The Kier molecular flexibility index (Phi) is 6.39. The molecule has 27 heavy (non-hydrogen) atoms. The number of amides is 2. The van der Waals surface area contributed by atoms with Crippen molar-refractivity contribution in [3.63, 3.8) is 0 Å². The van der Waals surface area contributed by atoms with Crippen LogP contribution < -0.4 is 5.73 Å². The van der Waals surface area contributed by atoms with E-state index in [2.05, 4.69) is 33.9 Å². The van der Waals surface area contributed by atoms with E-state index < -0.39 is 37.5 Å². The van der Waals surface area contributed by atoms with Crippen molar-refractivity contribution >= 4 is 20.3 Å². The molecule has 2 amide bonds. The van der Waals surface area contributed by atoms with Crippen LogP contribution in [0.25, 0.3) is 0 Å². The van der Waals surface area contributed by atoms with Crippen molar-refractivity contribution in [2.45, 2.75) is 110 Å². The van der Waals surface area contributed by atoms with Gasteiger partial charge in [-0.1, -0.05) is 20.8 Å². The number of likely N-dealkylation sites (tertiary alicyclic amines) is 1. The van der Waals surface area contributed by atoms with E-state index in [1.54, 1.807) is 0 Å². The maximum absolute atomic E-state index is 13.4. The number of nitrogens with two attached hydrogens (primary N) is 1. The van der Waals surface area contributed by atoms with Crippen LogP contribution in [0.2, 0.25) is 18.1 Å². The number of quaternary nitrogens is 1. The fourth-order valence-electron chi connectivity index (χ4n) is 3.57. The van der Waals surface area contributed by atoms with Crippen LogP contribution in [0.5, 0.6) is 0 Å². The third-order valence-corrected chi connectivity index (χ3v) is 10.6. The first-order valence-electron chi connectivity index (χ1n) is 9.85. The number of primary amides is 1. The molecule has 1 heterocycles. The van der Waals surface area contributed by atoms with Gasteiger partial charge in [0.25, 0.3) is 5.91 Å². The first kappa shape index (κ1) is 24.1. The van der Waals surface area contributed by atoms with E-state index >= 15 is 0 Å². The average molecular weight is 402 g/mol. The number of carbonyl (C=O) groups excluding carboxylic acids is 2. The third-order valence-electron chi connectivity index (χ3n) is 6.05. The van der Waals surface area contributed by atoms with Gasteiger partial charge in [-0.25, -0.2) is 4.48 Å². The lowest BCUT2D eigenvalue weighted by molar-refractivity contribution is -0.908. The van der Waals surface area contributed by atoms with Gasteiger partial charge in [0.1, 0.15) is 17.2 Å². The molecular weight excluding hydrogens is 360 g/mol. The summed E-state index contributed by atoms with van der Waals surface area (Å²) in [5.41, 5.74) is 4.67. The van der Waals surface area contributed by atoms with Crippen molar-refractivity contribution < 1.29 is 23.2 Å². The summed E-state index contributed by atoms with van der Waals surface area (Å²) >= 11 is 0. The predicted octanol–water partition coefficient (Wildman–Crippen LogP) is 4.18. The Balaban J connectivity index is 3.42. The van der Waals surface area contributed by atoms with Crippen LogP contribution >= 0.6 is 0 Å². The van der Waals surface area contributed by atoms with Gasteiger partial charge in [-0.15, -0.1) is 0 Å². The molecule has 158 valence electrons. The summed E-state index contributed by atoms with van der Waals surface area (Å²) in [5.74, 6) is -0.503. The minimum absolute atomic E-state index is 0.00109. The minimum atomic E-state index is -2.13. The molecule has 0 aromatic heterocycles. The van der Waals surface area contributed by atoms with E-state index in [0.29, 0.717) is 13.0 Å². The second-order valence-corrected chi connectivity index (χ2v) is 16.1. The lowest BCUT2D eigenvalue weighted by atomic mass is 9.98. The van der Waals surface area contributed by atoms with Gasteiger partial charge >= 0.3 is 6.09 Å². The molecule has 1 rings (SSSR count). The zero-order valence-corrected chi connectivity index (χ0v) is 20.2. The van der Waals surface area contributed by atoms with Gasteiger partial charge in [0, 0.05) is 6.42 Å². The number of hydrogen-bond donors (Lipinski definition) is 1. The highest BCUT2D eigenvalue weighted by Gasteiger charge is 2.65. The lowest BCUT2D eigenvalue weighted by Crippen LogP contribution is -2.71. The second kappa shape index (κ2) is 7.15. The van der Waals surface area contributed by atoms with Crippen LogP contribution in [-0.4, -0.2) is 54.6 Å². The molecule has 0 aliphatic carbocycles. The molecule has 1 unspecified atom stereocenters. The Hall–Kier alpha value is -0.923. The molecule has 0 spiro atoms. The average Bonchev–Trinajstić information content (AvgIpc) is 2.74. The van der Waals surface area contributed by atoms with Crippen LogP contribution in [0.3, 0.4) is 0 Å². The van der Waals surface area contributed by atoms with Crippen LogP contribution in [-0.2, 0) is 14.0 Å². The van der Waals surface area contributed by atoms with Gasteiger partial charge < -0.3 is 14.9 Å². The fourth-order valence-corrected chi connectivity index (χ4v) is 4.92. The third kappa shape index (κ3) is 4.74. The highest BCUT2D eigenvalue weighted by Crippen LogP contribution is 2.44. The van der Waals surface area contributed by atoms with E-state index in [1.807, 2.05) is 41.5 Å². The van der Waals surface area contributed by atoms with E-state index in [1.165, 1.54) is 0 Å². The summed E-state index contributed by atoms with van der Waals surface area (Å²) in [6.07, 6.45) is -0.174. The van der Waals surface area contributed by atoms with Crippen molar-refractivity contribution in [3.8, 4) is 0 Å². The zero-order valence-electron chi connectivity index (χ0n) is 19.2. The quantitative estimate of drug-likeness (QED) is 0.568. The van der Waals surface area contributed by atoms with E-state index in [4.69, 9.17) is 14.9 Å². The normalized spacial score (nSPS) is 27.5. The lowest BCUT2D eigenvalue weighted by Gasteiger charge is -2.47. The monoisotopic (exact) mass is 401 g/mol. The summed E-state index contributed by atoms with van der Waals surface area (Å²) in [7, 11) is -2.13. The van der Waals surface area contributed by atoms with Crippen LogP contribution in [0.4, 0.5) is 4.79 Å². The molecule has 1 aliphatic rings. The highest BCUT2D eigenvalue weighted by atomic mass is 28.4. The first-order valence-corrected chi connectivity index (χ1v) is 12.8. The molecule has 3 atom stereocenters. The van der Waals surface area contributed by atoms with Crippen LogP contribution in [0, 0.1) is 0 Å². The molecular formula is C20H41N2O4Si+. The van der Waals surface area contributed by atoms with Crippen molar-refractivity contribution in [3.05, 3.63) is 0 Å². The number of carbonyl (C=O) groups is 2. The Morgan fingerprint density at radius 1 is 1.00 bits per heavy atom. The summed E-state index contributed by atoms with van der Waals surface area (Å²) in [4.78, 5) is 26.0. The van der Waals surface area contributed by atoms with Crippen molar-refractivity contribution in [2.75, 3.05) is 6.54 Å². The summed E-state index contributed by atoms with van der Waals surface area (Å²) in [6, 6.07) is -0.756. The molecule has 0 radical (unpaired) electrons. The predicted molar refractivity (Wildman–Crippen MR) is 111 cm³/mol. The number of hydrogen-bond acceptors (Lipinski definition) is 4. The SMILES string of the molecule is CC(C)(C)OC(=O)[N+]1(C(C)(C)C)CC[C@@H](O[Si](C)(C)C(C)(C)C)[C@H]1C(N)=O. The topological polar surface area (TPSA) is 78.6 Å². The molecule has 1 fully saturated rings. The van der Waals surface area contributed by atoms with Gasteiger partial charge in [-0.05, 0) is 59.7 Å². The minimum Gasteiger partial charge on any atom is -0.414 e. The van der Waals surface area contributed by atoms with E-state index in [9.17, 15) is 9.59 Å². The van der Waals surface area contributed by atoms with Crippen molar-refractivity contribution in [1.82, 2.24) is 0 Å². The molecule has 1 aliphatic heterocycles. The second-order valence-electron chi connectivity index (χ2n) is 11.3. The van der Waals surface area contributed by atoms with Gasteiger partial charge in [0.15, 0.2) is 8.32 Å². The van der Waals surface area contributed by atoms with Gasteiger partial charge in [-0.2, -0.15) is 4.79 Å². The molecule has 2 N–H and O–H groups in total. The smallest absolute Gasteiger partial charge is 0.414 e. The largest absolute Gasteiger partial charge is 0.517 e. The van der Waals surface area contributed by atoms with Gasteiger partial charge in [0.2, 0.25) is 6.04 Å². The Morgan fingerprint density at radius 2 is 1.48 bits per heavy atom. The van der Waals surface area contributed by atoms with Crippen molar-refractivity contribution in [1.29, 1.82) is 0 Å². The Labute approximate surface area is 166 Å². The van der Waals surface area contributed by atoms with Crippen molar-refractivity contribution in [2.24, 2.45) is 5.73 Å². The molecule has 0 aromatic carbocycles. The van der Waals surface area contributed by atoms with Gasteiger partial charge in [-0.3, -0.25) is 4.79 Å².